The summed E-state index contributed by atoms with van der Waals surface area (Å²) in [7, 11) is 0. The number of carbonyl (C=O) groups excluding carboxylic acids is 2. The number of benzene rings is 3. The standard InChI is InChI=1S/C23H20FN3O3/c24-20-8-4-7-19(13-20)16-30-21-11-9-18(10-12-21)15-26-27-23(29)22(28)25-14-17-5-2-1-3-6-17/h1-13,15H,14,16H2,(H,25,28)(H,27,29). The van der Waals surface area contributed by atoms with Gasteiger partial charge in [-0.1, -0.05) is 42.5 Å². The first-order chi connectivity index (χ1) is 14.6. The largest absolute Gasteiger partial charge is 0.489 e. The van der Waals surface area contributed by atoms with E-state index in [9.17, 15) is 14.0 Å². The van der Waals surface area contributed by atoms with Crippen molar-refractivity contribution in [1.82, 2.24) is 10.7 Å². The number of nitrogens with zero attached hydrogens (tertiary/aromatic N) is 1. The van der Waals surface area contributed by atoms with E-state index >= 15 is 0 Å². The molecule has 0 aliphatic rings. The lowest BCUT2D eigenvalue weighted by molar-refractivity contribution is -0.139. The molecule has 7 heteroatoms. The van der Waals surface area contributed by atoms with Gasteiger partial charge in [0, 0.05) is 6.54 Å². The van der Waals surface area contributed by atoms with Crippen molar-refractivity contribution in [3.05, 3.63) is 101 Å². The lowest BCUT2D eigenvalue weighted by Gasteiger charge is -2.06. The highest BCUT2D eigenvalue weighted by atomic mass is 19.1. The first-order valence-corrected chi connectivity index (χ1v) is 9.22. The normalized spacial score (nSPS) is 10.6. The molecule has 0 saturated heterocycles. The van der Waals surface area contributed by atoms with Crippen molar-refractivity contribution in [3.8, 4) is 5.75 Å². The average Bonchev–Trinajstić information content (AvgIpc) is 2.77. The zero-order valence-electron chi connectivity index (χ0n) is 16.0. The van der Waals surface area contributed by atoms with Gasteiger partial charge in [-0.05, 0) is 53.1 Å². The second-order valence-corrected chi connectivity index (χ2v) is 6.36. The molecule has 6 nitrogen and oxygen atoms in total. The molecule has 0 heterocycles. The second kappa shape index (κ2) is 10.5. The quantitative estimate of drug-likeness (QED) is 0.360. The Morgan fingerprint density at radius 2 is 1.63 bits per heavy atom. The Morgan fingerprint density at radius 3 is 2.37 bits per heavy atom. The molecule has 0 atom stereocenters. The van der Waals surface area contributed by atoms with Gasteiger partial charge in [-0.2, -0.15) is 5.10 Å². The van der Waals surface area contributed by atoms with Crippen molar-refractivity contribution in [2.45, 2.75) is 13.2 Å². The number of nitrogens with one attached hydrogen (secondary N) is 2. The van der Waals surface area contributed by atoms with E-state index in [0.717, 1.165) is 11.1 Å². The summed E-state index contributed by atoms with van der Waals surface area (Å²) in [4.78, 5) is 23.5. The summed E-state index contributed by atoms with van der Waals surface area (Å²) in [5, 5.41) is 6.30. The predicted octanol–water partition coefficient (Wildman–Crippen LogP) is 3.17. The molecule has 0 bridgehead atoms. The molecule has 3 aromatic carbocycles. The van der Waals surface area contributed by atoms with Gasteiger partial charge < -0.3 is 10.1 Å². The molecule has 2 N–H and O–H groups in total. The number of halogens is 1. The van der Waals surface area contributed by atoms with Gasteiger partial charge in [-0.3, -0.25) is 9.59 Å². The van der Waals surface area contributed by atoms with E-state index in [2.05, 4.69) is 15.8 Å². The Morgan fingerprint density at radius 1 is 0.900 bits per heavy atom. The maximum absolute atomic E-state index is 13.2. The van der Waals surface area contributed by atoms with Crippen molar-refractivity contribution in [2.24, 2.45) is 5.10 Å². The van der Waals surface area contributed by atoms with Gasteiger partial charge in [0.25, 0.3) is 0 Å². The highest BCUT2D eigenvalue weighted by Gasteiger charge is 2.11. The third kappa shape index (κ3) is 6.56. The summed E-state index contributed by atoms with van der Waals surface area (Å²) < 4.78 is 18.8. The number of hydrazone groups is 1. The van der Waals surface area contributed by atoms with Crippen LogP contribution in [0, 0.1) is 5.82 Å². The van der Waals surface area contributed by atoms with E-state index < -0.39 is 11.8 Å². The van der Waals surface area contributed by atoms with Crippen LogP contribution < -0.4 is 15.5 Å². The number of ether oxygens (including phenoxy) is 1. The minimum Gasteiger partial charge on any atom is -0.489 e. The van der Waals surface area contributed by atoms with E-state index in [1.54, 1.807) is 36.4 Å². The van der Waals surface area contributed by atoms with Crippen molar-refractivity contribution >= 4 is 18.0 Å². The minimum atomic E-state index is -0.850. The molecule has 30 heavy (non-hydrogen) atoms. The highest BCUT2D eigenvalue weighted by molar-refractivity contribution is 6.35. The van der Waals surface area contributed by atoms with Gasteiger partial charge in [0.2, 0.25) is 0 Å². The highest BCUT2D eigenvalue weighted by Crippen LogP contribution is 2.14. The van der Waals surface area contributed by atoms with Crippen LogP contribution in [0.25, 0.3) is 0 Å². The molecule has 0 unspecified atom stereocenters. The van der Waals surface area contributed by atoms with Crippen molar-refractivity contribution in [3.63, 3.8) is 0 Å². The van der Waals surface area contributed by atoms with Crippen LogP contribution in [0.3, 0.4) is 0 Å². The smallest absolute Gasteiger partial charge is 0.329 e. The molecular weight excluding hydrogens is 385 g/mol. The van der Waals surface area contributed by atoms with E-state index in [0.29, 0.717) is 11.3 Å². The van der Waals surface area contributed by atoms with Crippen LogP contribution in [0.5, 0.6) is 5.75 Å². The fourth-order valence-electron chi connectivity index (χ4n) is 2.52. The third-order valence-corrected chi connectivity index (χ3v) is 4.06. The molecule has 2 amide bonds. The number of hydrogen-bond acceptors (Lipinski definition) is 4. The lowest BCUT2D eigenvalue weighted by Crippen LogP contribution is -2.37. The summed E-state index contributed by atoms with van der Waals surface area (Å²) in [6.07, 6.45) is 1.42. The topological polar surface area (TPSA) is 79.8 Å². The molecule has 3 rings (SSSR count). The molecule has 152 valence electrons. The molecule has 0 aromatic heterocycles. The van der Waals surface area contributed by atoms with Gasteiger partial charge in [0.05, 0.1) is 6.21 Å². The van der Waals surface area contributed by atoms with Crippen molar-refractivity contribution < 1.29 is 18.7 Å². The maximum atomic E-state index is 13.2. The lowest BCUT2D eigenvalue weighted by atomic mass is 10.2. The van der Waals surface area contributed by atoms with Crippen LogP contribution in [0.15, 0.2) is 84.0 Å². The van der Waals surface area contributed by atoms with Gasteiger partial charge in [0.15, 0.2) is 0 Å². The molecule has 0 saturated carbocycles. The van der Waals surface area contributed by atoms with E-state index in [1.807, 2.05) is 30.3 Å². The zero-order valence-corrected chi connectivity index (χ0v) is 16.0. The molecule has 0 aliphatic carbocycles. The van der Waals surface area contributed by atoms with Crippen LogP contribution >= 0.6 is 0 Å². The predicted molar refractivity (Wildman–Crippen MR) is 111 cm³/mol. The molecule has 0 spiro atoms. The number of hydrogen-bond donors (Lipinski definition) is 2. The Labute approximate surface area is 173 Å². The van der Waals surface area contributed by atoms with E-state index in [4.69, 9.17) is 4.74 Å². The second-order valence-electron chi connectivity index (χ2n) is 6.36. The summed E-state index contributed by atoms with van der Waals surface area (Å²) in [6.45, 7) is 0.507. The first kappa shape index (κ1) is 20.7. The van der Waals surface area contributed by atoms with Gasteiger partial charge in [0.1, 0.15) is 18.2 Å². The zero-order chi connectivity index (χ0) is 21.2. The Bertz CT molecular complexity index is 1020. The van der Waals surface area contributed by atoms with Crippen LogP contribution in [0.1, 0.15) is 16.7 Å². The van der Waals surface area contributed by atoms with Crippen LogP contribution in [0.2, 0.25) is 0 Å². The summed E-state index contributed by atoms with van der Waals surface area (Å²) in [6, 6.07) is 22.4. The number of amides is 2. The SMILES string of the molecule is O=C(NCc1ccccc1)C(=O)NN=Cc1ccc(OCc2cccc(F)c2)cc1. The number of rotatable bonds is 7. The van der Waals surface area contributed by atoms with Crippen LogP contribution in [-0.2, 0) is 22.7 Å². The van der Waals surface area contributed by atoms with Gasteiger partial charge in [-0.15, -0.1) is 0 Å². The van der Waals surface area contributed by atoms with E-state index in [-0.39, 0.29) is 19.0 Å². The molecular formula is C23H20FN3O3. The molecule has 0 fully saturated rings. The number of carbonyl (C=O) groups is 2. The Kier molecular flexibility index (Phi) is 7.27. The Balaban J connectivity index is 1.43. The van der Waals surface area contributed by atoms with Crippen LogP contribution in [-0.4, -0.2) is 18.0 Å². The summed E-state index contributed by atoms with van der Waals surface area (Å²) in [5.74, 6) is -1.31. The van der Waals surface area contributed by atoms with Gasteiger partial charge in [-0.25, -0.2) is 9.82 Å². The Hall–Kier alpha value is -4.00. The molecule has 0 radical (unpaired) electrons. The fourth-order valence-corrected chi connectivity index (χ4v) is 2.52. The van der Waals surface area contributed by atoms with Crippen molar-refractivity contribution in [2.75, 3.05) is 0 Å². The average molecular weight is 405 g/mol. The monoisotopic (exact) mass is 405 g/mol. The third-order valence-electron chi connectivity index (χ3n) is 4.06. The fraction of sp³-hybridized carbons (Fsp3) is 0.0870. The van der Waals surface area contributed by atoms with E-state index in [1.165, 1.54) is 18.3 Å². The molecule has 0 aliphatic heterocycles. The summed E-state index contributed by atoms with van der Waals surface area (Å²) >= 11 is 0. The van der Waals surface area contributed by atoms with Crippen LogP contribution in [0.4, 0.5) is 4.39 Å². The minimum absolute atomic E-state index is 0.249. The maximum Gasteiger partial charge on any atom is 0.329 e. The first-order valence-electron chi connectivity index (χ1n) is 9.22. The van der Waals surface area contributed by atoms with Gasteiger partial charge >= 0.3 is 11.8 Å². The van der Waals surface area contributed by atoms with Crippen molar-refractivity contribution in [1.29, 1.82) is 0 Å². The summed E-state index contributed by atoms with van der Waals surface area (Å²) in [5.41, 5.74) is 4.51. The molecule has 3 aromatic rings.